The molecule has 0 fully saturated rings. The van der Waals surface area contributed by atoms with Crippen LogP contribution in [-0.4, -0.2) is 11.3 Å². The molecule has 0 aromatic heterocycles. The molecule has 0 amide bonds. The predicted octanol–water partition coefficient (Wildman–Crippen LogP) is 2.80. The van der Waals surface area contributed by atoms with Crippen LogP contribution in [0.3, 0.4) is 0 Å². The Morgan fingerprint density at radius 1 is 1.08 bits per heavy atom. The Kier molecular flexibility index (Phi) is 3.04. The molecule has 0 atom stereocenters. The average Bonchev–Trinajstić information content (AvgIpc) is 1.78. The van der Waals surface area contributed by atoms with Crippen molar-refractivity contribution in [2.75, 3.05) is 0 Å². The summed E-state index contributed by atoms with van der Waals surface area (Å²) in [5.41, 5.74) is 0.329. The fourth-order valence-electron chi connectivity index (χ4n) is 0.696. The summed E-state index contributed by atoms with van der Waals surface area (Å²) in [6.45, 7) is 12.0. The molecular formula is C10H18N2. The Morgan fingerprint density at radius 2 is 1.50 bits per heavy atom. The van der Waals surface area contributed by atoms with Gasteiger partial charge in [0, 0.05) is 5.41 Å². The zero-order valence-electron chi connectivity index (χ0n) is 8.89. The summed E-state index contributed by atoms with van der Waals surface area (Å²) in [6.07, 6.45) is 0. The number of nitrogens with zero attached hydrogens (tertiary/aromatic N) is 2. The van der Waals surface area contributed by atoms with Crippen LogP contribution in [0.1, 0.15) is 41.5 Å². The molecule has 0 bridgehead atoms. The second-order valence-electron chi connectivity index (χ2n) is 4.99. The van der Waals surface area contributed by atoms with Crippen molar-refractivity contribution >= 4 is 5.71 Å². The van der Waals surface area contributed by atoms with Gasteiger partial charge in [0.2, 0.25) is 0 Å². The second kappa shape index (κ2) is 3.26. The van der Waals surface area contributed by atoms with Crippen molar-refractivity contribution in [1.82, 2.24) is 0 Å². The van der Waals surface area contributed by atoms with Gasteiger partial charge in [0.25, 0.3) is 0 Å². The minimum atomic E-state index is -0.154. The van der Waals surface area contributed by atoms with Gasteiger partial charge in [-0.2, -0.15) is 5.26 Å². The van der Waals surface area contributed by atoms with Gasteiger partial charge in [-0.15, -0.1) is 0 Å². The molecule has 0 aliphatic rings. The predicted molar refractivity (Wildman–Crippen MR) is 52.3 cm³/mol. The van der Waals surface area contributed by atoms with E-state index in [1.165, 1.54) is 0 Å². The summed E-state index contributed by atoms with van der Waals surface area (Å²) in [5.74, 6) is 0. The minimum Gasteiger partial charge on any atom is -0.272 e. The van der Waals surface area contributed by atoms with Crippen LogP contribution in [0.4, 0.5) is 0 Å². The molecule has 0 unspecified atom stereocenters. The zero-order chi connectivity index (χ0) is 9.99. The summed E-state index contributed by atoms with van der Waals surface area (Å²) < 4.78 is 0. The molecule has 0 aliphatic carbocycles. The fraction of sp³-hybridized carbons (Fsp3) is 0.800. The minimum absolute atomic E-state index is 0.137. The lowest BCUT2D eigenvalue weighted by molar-refractivity contribution is 0.544. The van der Waals surface area contributed by atoms with E-state index in [1.54, 1.807) is 0 Å². The largest absolute Gasteiger partial charge is 0.272 e. The molecule has 2 heteroatoms. The maximum Gasteiger partial charge on any atom is 0.118 e. The van der Waals surface area contributed by atoms with E-state index in [2.05, 4.69) is 11.1 Å². The van der Waals surface area contributed by atoms with E-state index in [0.29, 0.717) is 5.71 Å². The Balaban J connectivity index is 4.85. The standard InChI is InChI=1S/C10H18N2/c1-9(2,3)8(7-11)12-10(4,5)6/h1-6H3. The molecule has 2 nitrogen and oxygen atoms in total. The van der Waals surface area contributed by atoms with E-state index >= 15 is 0 Å². The monoisotopic (exact) mass is 166 g/mol. The van der Waals surface area contributed by atoms with Gasteiger partial charge in [-0.3, -0.25) is 4.99 Å². The molecule has 68 valence electrons. The molecule has 0 aliphatic heterocycles. The highest BCUT2D eigenvalue weighted by atomic mass is 14.8. The Hall–Kier alpha value is -0.840. The van der Waals surface area contributed by atoms with E-state index in [-0.39, 0.29) is 11.0 Å². The molecule has 0 saturated heterocycles. The SMILES string of the molecule is CC(C)(C)N=C(C#N)C(C)(C)C. The first-order chi connectivity index (χ1) is 5.17. The highest BCUT2D eigenvalue weighted by Gasteiger charge is 2.21. The first-order valence-corrected chi connectivity index (χ1v) is 4.17. The summed E-state index contributed by atoms with van der Waals surface area (Å²) in [6, 6.07) is 2.15. The van der Waals surface area contributed by atoms with Crippen molar-refractivity contribution in [2.45, 2.75) is 47.1 Å². The number of aliphatic imine (C=N–C) groups is 1. The summed E-state index contributed by atoms with van der Waals surface area (Å²) in [7, 11) is 0. The third-order valence-electron chi connectivity index (χ3n) is 1.26. The highest BCUT2D eigenvalue weighted by Crippen LogP contribution is 2.19. The van der Waals surface area contributed by atoms with Gasteiger partial charge in [0.15, 0.2) is 0 Å². The summed E-state index contributed by atoms with van der Waals surface area (Å²) >= 11 is 0. The molecule has 0 N–H and O–H groups in total. The van der Waals surface area contributed by atoms with E-state index < -0.39 is 0 Å². The van der Waals surface area contributed by atoms with Crippen LogP contribution in [0.25, 0.3) is 0 Å². The van der Waals surface area contributed by atoms with Crippen molar-refractivity contribution in [2.24, 2.45) is 10.4 Å². The second-order valence-corrected chi connectivity index (χ2v) is 4.99. The number of hydrogen-bond acceptors (Lipinski definition) is 2. The topological polar surface area (TPSA) is 36.1 Å². The number of hydrogen-bond donors (Lipinski definition) is 0. The van der Waals surface area contributed by atoms with Crippen LogP contribution in [0.2, 0.25) is 0 Å². The van der Waals surface area contributed by atoms with Crippen molar-refractivity contribution in [3.63, 3.8) is 0 Å². The maximum atomic E-state index is 8.84. The number of rotatable bonds is 0. The van der Waals surface area contributed by atoms with Gasteiger partial charge in [-0.05, 0) is 20.8 Å². The average molecular weight is 166 g/mol. The first kappa shape index (κ1) is 11.2. The number of nitriles is 1. The zero-order valence-corrected chi connectivity index (χ0v) is 8.89. The lowest BCUT2D eigenvalue weighted by Crippen LogP contribution is -2.23. The van der Waals surface area contributed by atoms with Crippen LogP contribution in [0.5, 0.6) is 0 Å². The van der Waals surface area contributed by atoms with Crippen LogP contribution in [-0.2, 0) is 0 Å². The summed E-state index contributed by atoms with van der Waals surface area (Å²) in [4.78, 5) is 4.35. The third-order valence-corrected chi connectivity index (χ3v) is 1.26. The molecule has 0 spiro atoms. The van der Waals surface area contributed by atoms with Gasteiger partial charge in [0.1, 0.15) is 11.8 Å². The summed E-state index contributed by atoms with van der Waals surface area (Å²) in [5, 5.41) is 8.84. The van der Waals surface area contributed by atoms with Crippen LogP contribution < -0.4 is 0 Å². The fourth-order valence-corrected chi connectivity index (χ4v) is 0.696. The molecular weight excluding hydrogens is 148 g/mol. The van der Waals surface area contributed by atoms with Crippen molar-refractivity contribution in [3.05, 3.63) is 0 Å². The lowest BCUT2D eigenvalue weighted by Gasteiger charge is -2.20. The Bertz CT molecular complexity index is 218. The Labute approximate surface area is 75.3 Å². The Morgan fingerprint density at radius 3 is 1.58 bits per heavy atom. The first-order valence-electron chi connectivity index (χ1n) is 4.17. The molecule has 0 aromatic carbocycles. The quantitative estimate of drug-likeness (QED) is 0.510. The van der Waals surface area contributed by atoms with Crippen molar-refractivity contribution < 1.29 is 0 Å². The maximum absolute atomic E-state index is 8.84. The normalized spacial score (nSPS) is 14.2. The van der Waals surface area contributed by atoms with Crippen LogP contribution in [0.15, 0.2) is 4.99 Å². The van der Waals surface area contributed by atoms with Crippen molar-refractivity contribution in [3.8, 4) is 6.07 Å². The van der Waals surface area contributed by atoms with Crippen LogP contribution >= 0.6 is 0 Å². The smallest absolute Gasteiger partial charge is 0.118 e. The third kappa shape index (κ3) is 4.12. The molecule has 0 aromatic rings. The van der Waals surface area contributed by atoms with Gasteiger partial charge < -0.3 is 0 Å². The highest BCUT2D eigenvalue weighted by molar-refractivity contribution is 6.02. The van der Waals surface area contributed by atoms with Gasteiger partial charge in [-0.25, -0.2) is 0 Å². The molecule has 0 heterocycles. The van der Waals surface area contributed by atoms with Gasteiger partial charge in [0.05, 0.1) is 5.54 Å². The lowest BCUT2D eigenvalue weighted by atomic mass is 9.90. The molecule has 0 rings (SSSR count). The molecule has 12 heavy (non-hydrogen) atoms. The van der Waals surface area contributed by atoms with E-state index in [1.807, 2.05) is 41.5 Å². The van der Waals surface area contributed by atoms with Gasteiger partial charge in [-0.1, -0.05) is 20.8 Å². The van der Waals surface area contributed by atoms with E-state index in [9.17, 15) is 0 Å². The van der Waals surface area contributed by atoms with Crippen LogP contribution in [0, 0.1) is 16.7 Å². The van der Waals surface area contributed by atoms with E-state index in [4.69, 9.17) is 5.26 Å². The van der Waals surface area contributed by atoms with Gasteiger partial charge >= 0.3 is 0 Å². The van der Waals surface area contributed by atoms with E-state index in [0.717, 1.165) is 0 Å². The molecule has 0 radical (unpaired) electrons. The van der Waals surface area contributed by atoms with Crippen molar-refractivity contribution in [1.29, 1.82) is 5.26 Å². The molecule has 0 saturated carbocycles.